The number of nitrogens with zero attached hydrogens (tertiary/aromatic N) is 2. The standard InChI is InChI=1S/C25H28FN3O3/c1-25(24(31)27-18-9-5-3-2-4-6-10-18)16-28-20-12-13-32-22(20)15-21(28)23(30)29(25)19-11-7-8-17(26)14-19/h7-8,11-15,18H,2-6,9-10,16H2,1H3,(H,27,31). The molecule has 2 aliphatic rings. The van der Waals surface area contributed by atoms with Crippen molar-refractivity contribution in [3.05, 3.63) is 54.2 Å². The summed E-state index contributed by atoms with van der Waals surface area (Å²) in [6.07, 6.45) is 9.25. The van der Waals surface area contributed by atoms with E-state index in [1.165, 1.54) is 36.3 Å². The lowest BCUT2D eigenvalue weighted by Crippen LogP contribution is -2.65. The van der Waals surface area contributed by atoms with Gasteiger partial charge in [-0.15, -0.1) is 0 Å². The largest absolute Gasteiger partial charge is 0.463 e. The van der Waals surface area contributed by atoms with Gasteiger partial charge in [0.2, 0.25) is 5.91 Å². The van der Waals surface area contributed by atoms with E-state index in [4.69, 9.17) is 4.42 Å². The third-order valence-corrected chi connectivity index (χ3v) is 6.90. The van der Waals surface area contributed by atoms with Crippen LogP contribution in [0.15, 0.2) is 47.1 Å². The van der Waals surface area contributed by atoms with Gasteiger partial charge in [-0.1, -0.05) is 38.2 Å². The highest BCUT2D eigenvalue weighted by Crippen LogP contribution is 2.36. The van der Waals surface area contributed by atoms with E-state index in [1.54, 1.807) is 37.5 Å². The average molecular weight is 438 g/mol. The zero-order chi connectivity index (χ0) is 22.3. The zero-order valence-electron chi connectivity index (χ0n) is 18.3. The summed E-state index contributed by atoms with van der Waals surface area (Å²) < 4.78 is 21.5. The van der Waals surface area contributed by atoms with Crippen LogP contribution in [0.3, 0.4) is 0 Å². The molecule has 32 heavy (non-hydrogen) atoms. The van der Waals surface area contributed by atoms with Gasteiger partial charge < -0.3 is 14.3 Å². The molecule has 5 rings (SSSR count). The topological polar surface area (TPSA) is 67.5 Å². The summed E-state index contributed by atoms with van der Waals surface area (Å²) in [4.78, 5) is 28.9. The second kappa shape index (κ2) is 8.11. The molecule has 3 aromatic rings. The Hall–Kier alpha value is -3.09. The van der Waals surface area contributed by atoms with Gasteiger partial charge in [-0.2, -0.15) is 0 Å². The van der Waals surface area contributed by atoms with Gasteiger partial charge >= 0.3 is 0 Å². The Labute approximate surface area is 186 Å². The van der Waals surface area contributed by atoms with Crippen molar-refractivity contribution in [3.8, 4) is 0 Å². The SMILES string of the molecule is CC1(C(=O)NC2CCCCCCC2)Cn2c(cc3occc32)C(=O)N1c1cccc(F)c1. The number of halogens is 1. The lowest BCUT2D eigenvalue weighted by Gasteiger charge is -2.44. The number of hydrogen-bond donors (Lipinski definition) is 1. The first-order chi connectivity index (χ1) is 15.5. The Morgan fingerprint density at radius 3 is 2.62 bits per heavy atom. The van der Waals surface area contributed by atoms with Crippen LogP contribution in [-0.2, 0) is 11.3 Å². The fourth-order valence-corrected chi connectivity index (χ4v) is 5.17. The third kappa shape index (κ3) is 3.49. The molecule has 2 amide bonds. The molecule has 1 aliphatic carbocycles. The highest BCUT2D eigenvalue weighted by atomic mass is 19.1. The molecule has 0 radical (unpaired) electrons. The summed E-state index contributed by atoms with van der Waals surface area (Å²) in [6.45, 7) is 2.02. The Morgan fingerprint density at radius 2 is 1.88 bits per heavy atom. The van der Waals surface area contributed by atoms with Crippen LogP contribution in [0, 0.1) is 5.82 Å². The van der Waals surface area contributed by atoms with Crippen molar-refractivity contribution < 1.29 is 18.4 Å². The van der Waals surface area contributed by atoms with Gasteiger partial charge in [0.25, 0.3) is 5.91 Å². The van der Waals surface area contributed by atoms with Crippen LogP contribution >= 0.6 is 0 Å². The summed E-state index contributed by atoms with van der Waals surface area (Å²) in [5.74, 6) is -1.01. The van der Waals surface area contributed by atoms with Crippen LogP contribution in [0.2, 0.25) is 0 Å². The molecule has 2 aromatic heterocycles. The molecule has 0 bridgehead atoms. The quantitative estimate of drug-likeness (QED) is 0.626. The Kier molecular flexibility index (Phi) is 5.27. The average Bonchev–Trinajstić information content (AvgIpc) is 3.32. The van der Waals surface area contributed by atoms with Gasteiger partial charge in [-0.05, 0) is 38.0 Å². The fourth-order valence-electron chi connectivity index (χ4n) is 5.17. The molecule has 1 atom stereocenters. The summed E-state index contributed by atoms with van der Waals surface area (Å²) in [7, 11) is 0. The molecule has 0 spiro atoms. The van der Waals surface area contributed by atoms with Crippen molar-refractivity contribution in [1.29, 1.82) is 0 Å². The Balaban J connectivity index is 1.55. The molecule has 6 nitrogen and oxygen atoms in total. The van der Waals surface area contributed by atoms with Gasteiger partial charge in [0.15, 0.2) is 5.58 Å². The first-order valence-electron chi connectivity index (χ1n) is 11.5. The van der Waals surface area contributed by atoms with Gasteiger partial charge in [-0.25, -0.2) is 4.39 Å². The number of carbonyl (C=O) groups is 2. The number of rotatable bonds is 3. The van der Waals surface area contributed by atoms with Crippen molar-refractivity contribution in [2.24, 2.45) is 0 Å². The monoisotopic (exact) mass is 437 g/mol. The summed E-state index contributed by atoms with van der Waals surface area (Å²) in [5.41, 5.74) is 0.951. The molecule has 3 heterocycles. The molecule has 1 fully saturated rings. The molecule has 1 aliphatic heterocycles. The minimum Gasteiger partial charge on any atom is -0.463 e. The summed E-state index contributed by atoms with van der Waals surface area (Å²) >= 11 is 0. The lowest BCUT2D eigenvalue weighted by atomic mass is 9.91. The zero-order valence-corrected chi connectivity index (χ0v) is 18.3. The Bertz CT molecular complexity index is 1160. The van der Waals surface area contributed by atoms with E-state index < -0.39 is 11.4 Å². The summed E-state index contributed by atoms with van der Waals surface area (Å²) in [5, 5.41) is 3.23. The number of benzene rings is 1. The minimum atomic E-state index is -1.22. The van der Waals surface area contributed by atoms with E-state index in [2.05, 4.69) is 5.32 Å². The first kappa shape index (κ1) is 20.8. The highest BCUT2D eigenvalue weighted by molar-refractivity contribution is 6.13. The first-order valence-corrected chi connectivity index (χ1v) is 11.5. The molecule has 1 aromatic carbocycles. The maximum atomic E-state index is 14.1. The van der Waals surface area contributed by atoms with E-state index in [0.717, 1.165) is 31.2 Å². The van der Waals surface area contributed by atoms with E-state index in [1.807, 2.05) is 4.57 Å². The van der Waals surface area contributed by atoms with Crippen molar-refractivity contribution >= 4 is 28.6 Å². The van der Waals surface area contributed by atoms with Gasteiger partial charge in [-0.3, -0.25) is 14.5 Å². The second-order valence-corrected chi connectivity index (χ2v) is 9.20. The van der Waals surface area contributed by atoms with Crippen molar-refractivity contribution in [2.45, 2.75) is 70.0 Å². The maximum absolute atomic E-state index is 14.1. The lowest BCUT2D eigenvalue weighted by molar-refractivity contribution is -0.127. The third-order valence-electron chi connectivity index (χ3n) is 6.90. The molecule has 0 saturated heterocycles. The van der Waals surface area contributed by atoms with E-state index in [-0.39, 0.29) is 24.4 Å². The predicted octanol–water partition coefficient (Wildman–Crippen LogP) is 5.02. The van der Waals surface area contributed by atoms with Crippen LogP contribution in [0.25, 0.3) is 11.1 Å². The molecular weight excluding hydrogens is 409 g/mol. The normalized spacial score (nSPS) is 22.4. The molecule has 7 heteroatoms. The number of anilines is 1. The van der Waals surface area contributed by atoms with Crippen LogP contribution in [0.1, 0.15) is 62.4 Å². The smallest absolute Gasteiger partial charge is 0.276 e. The molecule has 1 N–H and O–H groups in total. The number of nitrogens with one attached hydrogen (secondary N) is 1. The van der Waals surface area contributed by atoms with Crippen LogP contribution in [0.4, 0.5) is 10.1 Å². The van der Waals surface area contributed by atoms with Crippen LogP contribution in [0.5, 0.6) is 0 Å². The van der Waals surface area contributed by atoms with Crippen LogP contribution in [-0.4, -0.2) is 28.0 Å². The van der Waals surface area contributed by atoms with Crippen LogP contribution < -0.4 is 10.2 Å². The fraction of sp³-hybridized carbons (Fsp3) is 0.440. The number of carbonyl (C=O) groups excluding carboxylic acids is 2. The number of fused-ring (bicyclic) bond motifs is 3. The van der Waals surface area contributed by atoms with E-state index >= 15 is 0 Å². The highest BCUT2D eigenvalue weighted by Gasteiger charge is 2.49. The van der Waals surface area contributed by atoms with E-state index in [9.17, 15) is 14.0 Å². The molecule has 1 saturated carbocycles. The minimum absolute atomic E-state index is 0.0871. The van der Waals surface area contributed by atoms with Gasteiger partial charge in [0, 0.05) is 23.9 Å². The van der Waals surface area contributed by atoms with Crippen molar-refractivity contribution in [3.63, 3.8) is 0 Å². The molecular formula is C25H28FN3O3. The van der Waals surface area contributed by atoms with Gasteiger partial charge in [0.1, 0.15) is 17.1 Å². The molecule has 1 unspecified atom stereocenters. The predicted molar refractivity (Wildman–Crippen MR) is 120 cm³/mol. The number of hydrogen-bond acceptors (Lipinski definition) is 3. The van der Waals surface area contributed by atoms with E-state index in [0.29, 0.717) is 17.0 Å². The number of furan rings is 1. The number of amides is 2. The van der Waals surface area contributed by atoms with Crippen molar-refractivity contribution in [2.75, 3.05) is 4.90 Å². The maximum Gasteiger partial charge on any atom is 0.276 e. The van der Waals surface area contributed by atoms with Gasteiger partial charge in [0.05, 0.1) is 18.3 Å². The Morgan fingerprint density at radius 1 is 1.12 bits per heavy atom. The second-order valence-electron chi connectivity index (χ2n) is 9.20. The number of aromatic nitrogens is 1. The summed E-state index contributed by atoms with van der Waals surface area (Å²) in [6, 6.07) is 9.45. The molecule has 168 valence electrons. The van der Waals surface area contributed by atoms with Crippen molar-refractivity contribution in [1.82, 2.24) is 9.88 Å².